The Morgan fingerprint density at radius 3 is 2.88 bits per heavy atom. The van der Waals surface area contributed by atoms with E-state index in [1.807, 2.05) is 36.4 Å². The summed E-state index contributed by atoms with van der Waals surface area (Å²) >= 11 is 0. The van der Waals surface area contributed by atoms with Crippen LogP contribution in [0.15, 0.2) is 70.7 Å². The van der Waals surface area contributed by atoms with E-state index < -0.39 is 0 Å². The van der Waals surface area contributed by atoms with Crippen molar-refractivity contribution in [2.45, 2.75) is 0 Å². The van der Waals surface area contributed by atoms with E-state index in [0.29, 0.717) is 11.4 Å². The standard InChI is InChI=1S/C19H15N5O2/c20-21-10-12-1-2-13-8-15(19(25)23-18-3-5-22-24-18)9-17(16(13)7-12)14-4-6-26-11-14/h1-11H,20H2,(H2,22,23,24,25). The summed E-state index contributed by atoms with van der Waals surface area (Å²) in [7, 11) is 0. The lowest BCUT2D eigenvalue weighted by Crippen LogP contribution is -2.12. The molecule has 0 aliphatic carbocycles. The third-order valence-electron chi connectivity index (χ3n) is 4.04. The van der Waals surface area contributed by atoms with Crippen LogP contribution in [0.1, 0.15) is 15.9 Å². The second kappa shape index (κ2) is 6.56. The zero-order valence-electron chi connectivity index (χ0n) is 13.6. The van der Waals surface area contributed by atoms with Crippen LogP contribution in [0.25, 0.3) is 21.9 Å². The fraction of sp³-hybridized carbons (Fsp3) is 0. The molecule has 0 saturated heterocycles. The monoisotopic (exact) mass is 345 g/mol. The van der Waals surface area contributed by atoms with Gasteiger partial charge in [0.1, 0.15) is 0 Å². The molecule has 4 aromatic rings. The van der Waals surface area contributed by atoms with Crippen molar-refractivity contribution in [1.82, 2.24) is 10.2 Å². The highest BCUT2D eigenvalue weighted by Crippen LogP contribution is 2.31. The Hall–Kier alpha value is -3.87. The minimum Gasteiger partial charge on any atom is -0.472 e. The average Bonchev–Trinajstić information content (AvgIpc) is 3.35. The minimum atomic E-state index is -0.239. The Morgan fingerprint density at radius 2 is 2.15 bits per heavy atom. The van der Waals surface area contributed by atoms with Gasteiger partial charge in [-0.1, -0.05) is 12.1 Å². The van der Waals surface area contributed by atoms with Crippen LogP contribution in [0, 0.1) is 0 Å². The number of fused-ring (bicyclic) bond motifs is 1. The van der Waals surface area contributed by atoms with Crippen molar-refractivity contribution in [2.24, 2.45) is 10.9 Å². The van der Waals surface area contributed by atoms with E-state index in [-0.39, 0.29) is 5.91 Å². The van der Waals surface area contributed by atoms with Crippen molar-refractivity contribution >= 4 is 28.7 Å². The van der Waals surface area contributed by atoms with E-state index in [0.717, 1.165) is 27.5 Å². The average molecular weight is 345 g/mol. The number of nitrogens with two attached hydrogens (primary N) is 1. The van der Waals surface area contributed by atoms with E-state index in [1.54, 1.807) is 31.0 Å². The van der Waals surface area contributed by atoms with Gasteiger partial charge in [0.15, 0.2) is 5.82 Å². The van der Waals surface area contributed by atoms with Crippen LogP contribution in [-0.2, 0) is 0 Å². The summed E-state index contributed by atoms with van der Waals surface area (Å²) < 4.78 is 5.22. The van der Waals surface area contributed by atoms with Crippen molar-refractivity contribution in [3.63, 3.8) is 0 Å². The highest BCUT2D eigenvalue weighted by molar-refractivity contribution is 6.09. The van der Waals surface area contributed by atoms with Gasteiger partial charge in [-0.3, -0.25) is 9.89 Å². The molecule has 0 aliphatic heterocycles. The molecule has 1 amide bonds. The van der Waals surface area contributed by atoms with Crippen molar-refractivity contribution in [3.05, 3.63) is 72.3 Å². The van der Waals surface area contributed by atoms with Gasteiger partial charge in [0.25, 0.3) is 5.91 Å². The molecule has 2 aromatic heterocycles. The second-order valence-corrected chi connectivity index (χ2v) is 5.71. The van der Waals surface area contributed by atoms with Crippen molar-refractivity contribution in [1.29, 1.82) is 0 Å². The second-order valence-electron chi connectivity index (χ2n) is 5.71. The first kappa shape index (κ1) is 15.6. The quantitative estimate of drug-likeness (QED) is 0.299. The van der Waals surface area contributed by atoms with E-state index in [1.165, 1.54) is 0 Å². The van der Waals surface area contributed by atoms with Gasteiger partial charge in [0.2, 0.25) is 0 Å². The zero-order chi connectivity index (χ0) is 17.9. The summed E-state index contributed by atoms with van der Waals surface area (Å²) in [6.45, 7) is 0. The number of carbonyl (C=O) groups excluding carboxylic acids is 1. The molecule has 128 valence electrons. The normalized spacial score (nSPS) is 11.2. The van der Waals surface area contributed by atoms with E-state index in [4.69, 9.17) is 10.3 Å². The molecule has 0 spiro atoms. The van der Waals surface area contributed by atoms with Gasteiger partial charge >= 0.3 is 0 Å². The summed E-state index contributed by atoms with van der Waals surface area (Å²) in [5.74, 6) is 5.49. The van der Waals surface area contributed by atoms with Crippen LogP contribution in [0.5, 0.6) is 0 Å². The van der Waals surface area contributed by atoms with Crippen molar-refractivity contribution in [2.75, 3.05) is 5.32 Å². The largest absolute Gasteiger partial charge is 0.472 e. The summed E-state index contributed by atoms with van der Waals surface area (Å²) in [4.78, 5) is 12.6. The molecule has 0 atom stereocenters. The van der Waals surface area contributed by atoms with Gasteiger partial charge in [0, 0.05) is 23.4 Å². The maximum Gasteiger partial charge on any atom is 0.256 e. The highest BCUT2D eigenvalue weighted by Gasteiger charge is 2.13. The number of furan rings is 1. The van der Waals surface area contributed by atoms with Crippen LogP contribution >= 0.6 is 0 Å². The molecule has 0 fully saturated rings. The number of hydrogen-bond acceptors (Lipinski definition) is 5. The summed E-state index contributed by atoms with van der Waals surface area (Å²) in [6.07, 6.45) is 6.47. The molecule has 0 radical (unpaired) electrons. The predicted octanol–water partition coefficient (Wildman–Crippen LogP) is 3.37. The maximum atomic E-state index is 12.6. The molecule has 7 nitrogen and oxygen atoms in total. The molecule has 2 heterocycles. The summed E-state index contributed by atoms with van der Waals surface area (Å²) in [5.41, 5.74) is 3.16. The number of nitrogens with one attached hydrogen (secondary N) is 2. The Morgan fingerprint density at radius 1 is 1.23 bits per heavy atom. The molecular formula is C19H15N5O2. The third-order valence-corrected chi connectivity index (χ3v) is 4.04. The first-order chi connectivity index (χ1) is 12.7. The lowest BCUT2D eigenvalue weighted by molar-refractivity contribution is 0.102. The third kappa shape index (κ3) is 2.93. The number of hydrogen-bond donors (Lipinski definition) is 3. The van der Waals surface area contributed by atoms with Gasteiger partial charge in [-0.25, -0.2) is 0 Å². The Bertz CT molecular complexity index is 1080. The molecule has 0 unspecified atom stereocenters. The van der Waals surface area contributed by atoms with Crippen LogP contribution in [0.2, 0.25) is 0 Å². The van der Waals surface area contributed by atoms with Crippen LogP contribution in [0.4, 0.5) is 5.82 Å². The first-order valence-electron chi connectivity index (χ1n) is 7.89. The number of H-pyrrole nitrogens is 1. The Kier molecular flexibility index (Phi) is 3.95. The summed E-state index contributed by atoms with van der Waals surface area (Å²) in [6, 6.07) is 13.0. The molecule has 26 heavy (non-hydrogen) atoms. The molecule has 4 rings (SSSR count). The van der Waals surface area contributed by atoms with Crippen molar-refractivity contribution in [3.8, 4) is 11.1 Å². The SMILES string of the molecule is NN=Cc1ccc2cc(C(=O)Nc3cc[nH]n3)cc(-c3ccoc3)c2c1. The number of aromatic nitrogens is 2. The van der Waals surface area contributed by atoms with Gasteiger partial charge in [-0.15, -0.1) is 0 Å². The number of hydrazone groups is 1. The number of amides is 1. The number of carbonyl (C=O) groups is 1. The number of rotatable bonds is 4. The Balaban J connectivity index is 1.85. The van der Waals surface area contributed by atoms with E-state index >= 15 is 0 Å². The topological polar surface area (TPSA) is 109 Å². The fourth-order valence-corrected chi connectivity index (χ4v) is 2.85. The smallest absolute Gasteiger partial charge is 0.256 e. The Labute approximate surface area is 148 Å². The number of anilines is 1. The van der Waals surface area contributed by atoms with Gasteiger partial charge < -0.3 is 15.6 Å². The fourth-order valence-electron chi connectivity index (χ4n) is 2.85. The number of benzene rings is 2. The molecule has 0 saturated carbocycles. The molecular weight excluding hydrogens is 330 g/mol. The van der Waals surface area contributed by atoms with Crippen LogP contribution in [-0.4, -0.2) is 22.3 Å². The zero-order valence-corrected chi connectivity index (χ0v) is 13.6. The van der Waals surface area contributed by atoms with Crippen LogP contribution < -0.4 is 11.2 Å². The van der Waals surface area contributed by atoms with Crippen molar-refractivity contribution < 1.29 is 9.21 Å². The number of aromatic amines is 1. The number of nitrogens with zero attached hydrogens (tertiary/aromatic N) is 2. The lowest BCUT2D eigenvalue weighted by atomic mass is 9.95. The maximum absolute atomic E-state index is 12.6. The summed E-state index contributed by atoms with van der Waals surface area (Å²) in [5, 5.41) is 14.9. The molecule has 0 bridgehead atoms. The van der Waals surface area contributed by atoms with Gasteiger partial charge in [-0.05, 0) is 46.2 Å². The molecule has 2 aromatic carbocycles. The molecule has 7 heteroatoms. The predicted molar refractivity (Wildman–Crippen MR) is 100.0 cm³/mol. The van der Waals surface area contributed by atoms with E-state index in [2.05, 4.69) is 20.6 Å². The molecule has 4 N–H and O–H groups in total. The highest BCUT2D eigenvalue weighted by atomic mass is 16.3. The van der Waals surface area contributed by atoms with Gasteiger partial charge in [-0.2, -0.15) is 10.2 Å². The first-order valence-corrected chi connectivity index (χ1v) is 7.89. The van der Waals surface area contributed by atoms with Gasteiger partial charge in [0.05, 0.1) is 18.7 Å². The lowest BCUT2D eigenvalue weighted by Gasteiger charge is -2.10. The van der Waals surface area contributed by atoms with Crippen LogP contribution in [0.3, 0.4) is 0 Å². The van der Waals surface area contributed by atoms with E-state index in [9.17, 15) is 4.79 Å². The molecule has 0 aliphatic rings. The minimum absolute atomic E-state index is 0.239.